The van der Waals surface area contributed by atoms with Gasteiger partial charge in [-0.15, -0.1) is 0 Å². The van der Waals surface area contributed by atoms with Crippen LogP contribution in [0.5, 0.6) is 0 Å². The van der Waals surface area contributed by atoms with Crippen LogP contribution in [-0.2, 0) is 40.0 Å². The van der Waals surface area contributed by atoms with Crippen molar-refractivity contribution in [1.82, 2.24) is 10.6 Å². The molecule has 3 amide bonds. The van der Waals surface area contributed by atoms with Crippen LogP contribution in [0.15, 0.2) is 30.3 Å². The second-order valence-electron chi connectivity index (χ2n) is 6.23. The van der Waals surface area contributed by atoms with Crippen molar-refractivity contribution in [3.8, 4) is 0 Å². The van der Waals surface area contributed by atoms with Crippen LogP contribution in [0, 0.1) is 5.92 Å². The van der Waals surface area contributed by atoms with Crippen molar-refractivity contribution in [3.05, 3.63) is 35.9 Å². The first kappa shape index (κ1) is 25.4. The average molecular weight is 437 g/mol. The molecule has 0 heterocycles. The number of alkyl carbamates (subject to hydrolysis) is 1. The smallest absolute Gasteiger partial charge is 0.407 e. The number of hydrogen-bond acceptors (Lipinski definition) is 8. The molecule has 1 rings (SSSR count). The summed E-state index contributed by atoms with van der Waals surface area (Å²) in [5, 5.41) is 4.46. The van der Waals surface area contributed by atoms with Crippen LogP contribution in [0.3, 0.4) is 0 Å². The van der Waals surface area contributed by atoms with Gasteiger partial charge < -0.3 is 30.6 Å². The number of esters is 2. The molecule has 2 atom stereocenters. The Morgan fingerprint density at radius 3 is 2.19 bits per heavy atom. The van der Waals surface area contributed by atoms with Gasteiger partial charge in [-0.1, -0.05) is 30.3 Å². The third kappa shape index (κ3) is 9.61. The van der Waals surface area contributed by atoms with Crippen molar-refractivity contribution >= 4 is 29.8 Å². The van der Waals surface area contributed by atoms with E-state index in [2.05, 4.69) is 10.6 Å². The number of carbonyl (C=O) groups excluding carboxylic acids is 5. The molecule has 1 aromatic rings. The first-order valence-electron chi connectivity index (χ1n) is 9.63. The highest BCUT2D eigenvalue weighted by Crippen LogP contribution is 2.13. The third-order valence-electron chi connectivity index (χ3n) is 3.91. The normalized spacial score (nSPS) is 12.1. The van der Waals surface area contributed by atoms with Gasteiger partial charge in [-0.05, 0) is 19.4 Å². The Labute approximate surface area is 179 Å². The summed E-state index contributed by atoms with van der Waals surface area (Å²) in [5.74, 6) is -4.91. The van der Waals surface area contributed by atoms with Crippen molar-refractivity contribution in [1.29, 1.82) is 0 Å². The summed E-state index contributed by atoms with van der Waals surface area (Å²) in [6.07, 6.45) is -1.38. The number of carbonyl (C=O) groups is 5. The van der Waals surface area contributed by atoms with Crippen LogP contribution >= 0.6 is 0 Å². The zero-order chi connectivity index (χ0) is 23.2. The number of primary amides is 1. The Balaban J connectivity index is 2.67. The van der Waals surface area contributed by atoms with Crippen molar-refractivity contribution in [2.45, 2.75) is 32.9 Å². The van der Waals surface area contributed by atoms with E-state index in [4.69, 9.17) is 19.9 Å². The summed E-state index contributed by atoms with van der Waals surface area (Å²) in [6, 6.07) is 7.36. The lowest BCUT2D eigenvalue weighted by molar-refractivity contribution is -0.157. The molecular formula is C20H27N3O8. The molecule has 11 heteroatoms. The van der Waals surface area contributed by atoms with Crippen LogP contribution in [-0.4, -0.2) is 55.6 Å². The molecule has 0 aliphatic heterocycles. The van der Waals surface area contributed by atoms with E-state index in [1.165, 1.54) is 0 Å². The van der Waals surface area contributed by atoms with Gasteiger partial charge in [0.25, 0.3) is 0 Å². The number of rotatable bonds is 12. The first-order valence-corrected chi connectivity index (χ1v) is 9.63. The summed E-state index contributed by atoms with van der Waals surface area (Å²) in [6.45, 7) is 2.63. The summed E-state index contributed by atoms with van der Waals surface area (Å²) in [4.78, 5) is 59.8. The largest absolute Gasteiger partial charge is 0.466 e. The maximum Gasteiger partial charge on any atom is 0.407 e. The van der Waals surface area contributed by atoms with E-state index >= 15 is 0 Å². The quantitative estimate of drug-likeness (QED) is 0.304. The number of nitrogens with two attached hydrogens (primary N) is 1. The topological polar surface area (TPSA) is 163 Å². The van der Waals surface area contributed by atoms with Crippen molar-refractivity contribution in [3.63, 3.8) is 0 Å². The second-order valence-corrected chi connectivity index (χ2v) is 6.23. The van der Waals surface area contributed by atoms with Crippen LogP contribution in [0.25, 0.3) is 0 Å². The van der Waals surface area contributed by atoms with Gasteiger partial charge in [0.2, 0.25) is 11.8 Å². The summed E-state index contributed by atoms with van der Waals surface area (Å²) in [7, 11) is 0. The molecule has 0 unspecified atom stereocenters. The molecule has 0 saturated carbocycles. The summed E-state index contributed by atoms with van der Waals surface area (Å²) >= 11 is 0. The highest BCUT2D eigenvalue weighted by molar-refractivity contribution is 5.93. The minimum atomic E-state index is -1.54. The predicted molar refractivity (Wildman–Crippen MR) is 107 cm³/mol. The fourth-order valence-electron chi connectivity index (χ4n) is 2.51. The van der Waals surface area contributed by atoms with Gasteiger partial charge >= 0.3 is 18.0 Å². The van der Waals surface area contributed by atoms with Crippen LogP contribution < -0.4 is 16.4 Å². The molecule has 0 fully saturated rings. The average Bonchev–Trinajstić information content (AvgIpc) is 2.74. The molecule has 0 saturated heterocycles. The Bertz CT molecular complexity index is 769. The zero-order valence-electron chi connectivity index (χ0n) is 17.4. The number of ether oxygens (including phenoxy) is 3. The molecule has 0 aromatic heterocycles. The fourth-order valence-corrected chi connectivity index (χ4v) is 2.51. The Kier molecular flexibility index (Phi) is 11.1. The lowest BCUT2D eigenvalue weighted by Gasteiger charge is -2.23. The van der Waals surface area contributed by atoms with Crippen LogP contribution in [0.1, 0.15) is 25.8 Å². The molecule has 0 radical (unpaired) electrons. The first-order chi connectivity index (χ1) is 14.8. The highest BCUT2D eigenvalue weighted by Gasteiger charge is 2.37. The molecule has 0 bridgehead atoms. The lowest BCUT2D eigenvalue weighted by atomic mass is 9.95. The Hall–Kier alpha value is -3.63. The number of nitrogens with one attached hydrogen (secondary N) is 2. The van der Waals surface area contributed by atoms with E-state index < -0.39 is 54.8 Å². The molecular weight excluding hydrogens is 410 g/mol. The summed E-state index contributed by atoms with van der Waals surface area (Å²) < 4.78 is 14.6. The van der Waals surface area contributed by atoms with Gasteiger partial charge in [0.05, 0.1) is 25.6 Å². The van der Waals surface area contributed by atoms with Gasteiger partial charge in [0, 0.05) is 0 Å². The van der Waals surface area contributed by atoms with Crippen molar-refractivity contribution in [2.75, 3.05) is 19.8 Å². The maximum atomic E-state index is 12.2. The second kappa shape index (κ2) is 13.6. The van der Waals surface area contributed by atoms with E-state index in [9.17, 15) is 24.0 Å². The lowest BCUT2D eigenvalue weighted by Crippen LogP contribution is -2.54. The van der Waals surface area contributed by atoms with E-state index in [-0.39, 0.29) is 19.8 Å². The zero-order valence-corrected chi connectivity index (χ0v) is 17.4. The minimum absolute atomic E-state index is 0.00265. The predicted octanol–water partition coefficient (Wildman–Crippen LogP) is 0.0154. The standard InChI is InChI=1S/C20H27N3O8/c1-3-29-16(25)10-14(19(27)30-4-2)17(18(21)26)23-15(24)11-22-20(28)31-12-13-8-6-5-7-9-13/h5-9,14,17H,3-4,10-12H2,1-2H3,(H2,21,26)(H,22,28)(H,23,24)/t14-,17+/m1/s1. The Morgan fingerprint density at radius 1 is 0.968 bits per heavy atom. The van der Waals surface area contributed by atoms with Gasteiger partial charge in [-0.25, -0.2) is 4.79 Å². The van der Waals surface area contributed by atoms with Crippen molar-refractivity contribution in [2.24, 2.45) is 11.7 Å². The van der Waals surface area contributed by atoms with Crippen LogP contribution in [0.2, 0.25) is 0 Å². The summed E-state index contributed by atoms with van der Waals surface area (Å²) in [5.41, 5.74) is 6.07. The van der Waals surface area contributed by atoms with E-state index in [0.717, 1.165) is 5.56 Å². The van der Waals surface area contributed by atoms with E-state index in [0.29, 0.717) is 0 Å². The molecule has 11 nitrogen and oxygen atoms in total. The van der Waals surface area contributed by atoms with Crippen LogP contribution in [0.4, 0.5) is 4.79 Å². The molecule has 0 spiro atoms. The monoisotopic (exact) mass is 437 g/mol. The Morgan fingerprint density at radius 2 is 1.61 bits per heavy atom. The number of amides is 3. The minimum Gasteiger partial charge on any atom is -0.466 e. The third-order valence-corrected chi connectivity index (χ3v) is 3.91. The SMILES string of the molecule is CCOC(=O)C[C@@H](C(=O)OCC)[C@H](NC(=O)CNC(=O)OCc1ccccc1)C(N)=O. The van der Waals surface area contributed by atoms with Gasteiger partial charge in [0.1, 0.15) is 19.2 Å². The number of hydrogen-bond donors (Lipinski definition) is 3. The molecule has 4 N–H and O–H groups in total. The van der Waals surface area contributed by atoms with E-state index in [1.807, 2.05) is 6.07 Å². The molecule has 31 heavy (non-hydrogen) atoms. The maximum absolute atomic E-state index is 12.2. The fraction of sp³-hybridized carbons (Fsp3) is 0.450. The molecule has 1 aromatic carbocycles. The van der Waals surface area contributed by atoms with Gasteiger partial charge in [0.15, 0.2) is 0 Å². The van der Waals surface area contributed by atoms with E-state index in [1.54, 1.807) is 38.1 Å². The molecule has 0 aliphatic rings. The molecule has 170 valence electrons. The van der Waals surface area contributed by atoms with Crippen molar-refractivity contribution < 1.29 is 38.2 Å². The van der Waals surface area contributed by atoms with Gasteiger partial charge in [-0.3, -0.25) is 19.2 Å². The molecule has 0 aliphatic carbocycles. The number of benzene rings is 1. The highest BCUT2D eigenvalue weighted by atomic mass is 16.5. The van der Waals surface area contributed by atoms with Gasteiger partial charge in [-0.2, -0.15) is 0 Å².